The molecule has 7 nitrogen and oxygen atoms in total. The highest BCUT2D eigenvalue weighted by molar-refractivity contribution is 5.80. The molecule has 2 unspecified atom stereocenters. The Morgan fingerprint density at radius 2 is 2.00 bits per heavy atom. The van der Waals surface area contributed by atoms with Crippen molar-refractivity contribution in [3.05, 3.63) is 34.4 Å². The number of nitro groups is 1. The summed E-state index contributed by atoms with van der Waals surface area (Å²) in [4.78, 5) is 22.2. The number of nitrogens with zero attached hydrogens (tertiary/aromatic N) is 1. The van der Waals surface area contributed by atoms with Gasteiger partial charge in [-0.25, -0.2) is 4.79 Å². The third-order valence-corrected chi connectivity index (χ3v) is 2.77. The molecular formula is C13H18N2O5. The number of methoxy groups -OCH3 is 1. The number of carbonyl (C=O) groups excluding carboxylic acids is 1. The molecule has 0 saturated carbocycles. The molecule has 0 aliphatic heterocycles. The average molecular weight is 282 g/mol. The molecule has 0 amide bonds. The van der Waals surface area contributed by atoms with E-state index in [4.69, 9.17) is 9.47 Å². The lowest BCUT2D eigenvalue weighted by molar-refractivity contribution is -0.518. The first kappa shape index (κ1) is 15.7. The Bertz CT molecular complexity index is 460. The largest absolute Gasteiger partial charge is 0.497 e. The highest BCUT2D eigenvalue weighted by atomic mass is 16.6. The first-order chi connectivity index (χ1) is 9.49. The summed E-state index contributed by atoms with van der Waals surface area (Å²) < 4.78 is 9.88. The zero-order chi connectivity index (χ0) is 15.1. The summed E-state index contributed by atoms with van der Waals surface area (Å²) in [7, 11) is 1.54. The normalized spacial score (nSPS) is 13.2. The van der Waals surface area contributed by atoms with E-state index in [0.717, 1.165) is 0 Å². The van der Waals surface area contributed by atoms with E-state index in [9.17, 15) is 14.9 Å². The fraction of sp³-hybridized carbons (Fsp3) is 0.462. The number of hydrogen-bond acceptors (Lipinski definition) is 6. The number of rotatable bonds is 7. The van der Waals surface area contributed by atoms with Crippen molar-refractivity contribution in [2.45, 2.75) is 25.9 Å². The standard InChI is InChI=1S/C13H18N2O5/c1-4-20-13(16)12(9(2)15(17)18)14-10-5-7-11(19-3)8-6-10/h5-9,12,14H,4H2,1-3H3. The van der Waals surface area contributed by atoms with Crippen molar-refractivity contribution in [3.8, 4) is 5.75 Å². The van der Waals surface area contributed by atoms with Gasteiger partial charge in [-0.3, -0.25) is 10.1 Å². The van der Waals surface area contributed by atoms with Crippen LogP contribution in [0.2, 0.25) is 0 Å². The molecule has 0 radical (unpaired) electrons. The van der Waals surface area contributed by atoms with Crippen LogP contribution >= 0.6 is 0 Å². The van der Waals surface area contributed by atoms with Gasteiger partial charge in [0.2, 0.25) is 6.04 Å². The molecule has 2 atom stereocenters. The molecule has 0 aliphatic carbocycles. The molecule has 1 rings (SSSR count). The summed E-state index contributed by atoms with van der Waals surface area (Å²) in [5.41, 5.74) is 0.581. The molecule has 20 heavy (non-hydrogen) atoms. The van der Waals surface area contributed by atoms with Gasteiger partial charge in [0.05, 0.1) is 13.7 Å². The maximum atomic E-state index is 11.8. The number of anilines is 1. The van der Waals surface area contributed by atoms with E-state index in [2.05, 4.69) is 5.32 Å². The van der Waals surface area contributed by atoms with Gasteiger partial charge in [0, 0.05) is 17.5 Å². The van der Waals surface area contributed by atoms with Gasteiger partial charge in [-0.15, -0.1) is 0 Å². The van der Waals surface area contributed by atoms with Crippen LogP contribution in [0.4, 0.5) is 5.69 Å². The van der Waals surface area contributed by atoms with Crippen molar-refractivity contribution >= 4 is 11.7 Å². The minimum absolute atomic E-state index is 0.171. The van der Waals surface area contributed by atoms with Crippen LogP contribution in [0.5, 0.6) is 5.75 Å². The molecule has 0 aliphatic rings. The molecule has 0 heterocycles. The molecule has 1 aromatic rings. The van der Waals surface area contributed by atoms with E-state index in [1.165, 1.54) is 6.92 Å². The zero-order valence-electron chi connectivity index (χ0n) is 11.7. The van der Waals surface area contributed by atoms with E-state index >= 15 is 0 Å². The number of nitrogens with one attached hydrogen (secondary N) is 1. The number of hydrogen-bond donors (Lipinski definition) is 1. The Hall–Kier alpha value is -2.31. The second-order valence-corrected chi connectivity index (χ2v) is 4.13. The number of carbonyl (C=O) groups is 1. The van der Waals surface area contributed by atoms with Crippen molar-refractivity contribution in [3.63, 3.8) is 0 Å². The van der Waals surface area contributed by atoms with Gasteiger partial charge in [0.25, 0.3) is 0 Å². The second-order valence-electron chi connectivity index (χ2n) is 4.13. The first-order valence-corrected chi connectivity index (χ1v) is 6.20. The fourth-order valence-corrected chi connectivity index (χ4v) is 1.60. The summed E-state index contributed by atoms with van der Waals surface area (Å²) in [6.07, 6.45) is 0. The molecule has 7 heteroatoms. The maximum absolute atomic E-state index is 11.8. The minimum atomic E-state index is -1.10. The molecule has 0 fully saturated rings. The average Bonchev–Trinajstić information content (AvgIpc) is 2.44. The Balaban J connectivity index is 2.87. The van der Waals surface area contributed by atoms with Crippen molar-refractivity contribution < 1.29 is 19.2 Å². The van der Waals surface area contributed by atoms with Gasteiger partial charge in [-0.1, -0.05) is 0 Å². The fourth-order valence-electron chi connectivity index (χ4n) is 1.60. The number of ether oxygens (including phenoxy) is 2. The highest BCUT2D eigenvalue weighted by Crippen LogP contribution is 2.17. The summed E-state index contributed by atoms with van der Waals surface area (Å²) in [5, 5.41) is 13.7. The lowest BCUT2D eigenvalue weighted by Crippen LogP contribution is -2.44. The van der Waals surface area contributed by atoms with Gasteiger partial charge in [-0.2, -0.15) is 0 Å². The minimum Gasteiger partial charge on any atom is -0.497 e. The Morgan fingerprint density at radius 1 is 1.40 bits per heavy atom. The van der Waals surface area contributed by atoms with Gasteiger partial charge >= 0.3 is 5.97 Å². The third-order valence-electron chi connectivity index (χ3n) is 2.77. The molecular weight excluding hydrogens is 264 g/mol. The Morgan fingerprint density at radius 3 is 2.45 bits per heavy atom. The predicted molar refractivity (Wildman–Crippen MR) is 73.5 cm³/mol. The van der Waals surface area contributed by atoms with Gasteiger partial charge in [-0.05, 0) is 31.2 Å². The van der Waals surface area contributed by atoms with Crippen molar-refractivity contribution in [2.24, 2.45) is 0 Å². The van der Waals surface area contributed by atoms with Crippen LogP contribution in [0, 0.1) is 10.1 Å². The van der Waals surface area contributed by atoms with Crippen LogP contribution in [-0.2, 0) is 9.53 Å². The molecule has 0 spiro atoms. The Kier molecular flexibility index (Phi) is 5.76. The maximum Gasteiger partial charge on any atom is 0.335 e. The van der Waals surface area contributed by atoms with E-state index in [1.54, 1.807) is 38.3 Å². The van der Waals surface area contributed by atoms with Crippen LogP contribution in [0.1, 0.15) is 13.8 Å². The van der Waals surface area contributed by atoms with Gasteiger partial charge in [0.1, 0.15) is 5.75 Å². The molecule has 110 valence electrons. The lowest BCUT2D eigenvalue weighted by Gasteiger charge is -2.19. The van der Waals surface area contributed by atoms with E-state index in [-0.39, 0.29) is 6.61 Å². The van der Waals surface area contributed by atoms with Crippen LogP contribution < -0.4 is 10.1 Å². The topological polar surface area (TPSA) is 90.7 Å². The number of benzene rings is 1. The molecule has 0 bridgehead atoms. The monoisotopic (exact) mass is 282 g/mol. The highest BCUT2D eigenvalue weighted by Gasteiger charge is 2.34. The third kappa shape index (κ3) is 4.11. The van der Waals surface area contributed by atoms with Crippen molar-refractivity contribution in [1.29, 1.82) is 0 Å². The van der Waals surface area contributed by atoms with Crippen molar-refractivity contribution in [1.82, 2.24) is 0 Å². The van der Waals surface area contributed by atoms with E-state index < -0.39 is 23.0 Å². The zero-order valence-corrected chi connectivity index (χ0v) is 11.7. The van der Waals surface area contributed by atoms with Crippen LogP contribution in [0.25, 0.3) is 0 Å². The lowest BCUT2D eigenvalue weighted by atomic mass is 10.1. The van der Waals surface area contributed by atoms with Crippen LogP contribution in [0.15, 0.2) is 24.3 Å². The first-order valence-electron chi connectivity index (χ1n) is 6.20. The smallest absolute Gasteiger partial charge is 0.335 e. The van der Waals surface area contributed by atoms with Crippen LogP contribution in [0.3, 0.4) is 0 Å². The summed E-state index contributed by atoms with van der Waals surface area (Å²) in [6, 6.07) is 4.60. The quantitative estimate of drug-likeness (QED) is 0.465. The molecule has 0 saturated heterocycles. The Labute approximate surface area is 117 Å². The van der Waals surface area contributed by atoms with Gasteiger partial charge in [0.15, 0.2) is 6.04 Å². The summed E-state index contributed by atoms with van der Waals surface area (Å²) >= 11 is 0. The van der Waals surface area contributed by atoms with E-state index in [0.29, 0.717) is 11.4 Å². The van der Waals surface area contributed by atoms with Crippen molar-refractivity contribution in [2.75, 3.05) is 19.0 Å². The summed E-state index contributed by atoms with van der Waals surface area (Å²) in [6.45, 7) is 3.18. The SMILES string of the molecule is CCOC(=O)C(Nc1ccc(OC)cc1)C(C)[N+](=O)[O-]. The summed E-state index contributed by atoms with van der Waals surface area (Å²) in [5.74, 6) is 0.0121. The number of esters is 1. The molecule has 1 N–H and O–H groups in total. The molecule has 0 aromatic heterocycles. The predicted octanol–water partition coefficient (Wildman–Crippen LogP) is 1.70. The van der Waals surface area contributed by atoms with Crippen LogP contribution in [-0.4, -0.2) is 36.7 Å². The second kappa shape index (κ2) is 7.32. The molecule has 1 aromatic carbocycles. The van der Waals surface area contributed by atoms with E-state index in [1.807, 2.05) is 0 Å². The van der Waals surface area contributed by atoms with Gasteiger partial charge < -0.3 is 14.8 Å².